The first-order valence-electron chi connectivity index (χ1n) is 9.11. The predicted molar refractivity (Wildman–Crippen MR) is 111 cm³/mol. The third-order valence-electron chi connectivity index (χ3n) is 4.04. The van der Waals surface area contributed by atoms with Crippen molar-refractivity contribution in [2.24, 2.45) is 0 Å². The molecule has 1 atom stereocenters. The number of allylic oxidation sites excluding steroid dienone is 1. The number of amides is 1. The number of thioether (sulfide) groups is 1. The van der Waals surface area contributed by atoms with Gasteiger partial charge in [0.15, 0.2) is 22.5 Å². The van der Waals surface area contributed by atoms with E-state index in [0.717, 1.165) is 0 Å². The van der Waals surface area contributed by atoms with Crippen molar-refractivity contribution >= 4 is 23.4 Å². The van der Waals surface area contributed by atoms with E-state index >= 15 is 0 Å². The Balaban J connectivity index is 1.68. The highest BCUT2D eigenvalue weighted by Crippen LogP contribution is 2.25. The zero-order valence-corrected chi connectivity index (χ0v) is 17.0. The molecule has 0 aliphatic rings. The summed E-state index contributed by atoms with van der Waals surface area (Å²) in [5.74, 6) is -0.619. The van der Waals surface area contributed by atoms with Gasteiger partial charge in [-0.25, -0.2) is 8.78 Å². The Bertz CT molecular complexity index is 1040. The predicted octanol–water partition coefficient (Wildman–Crippen LogP) is 4.44. The van der Waals surface area contributed by atoms with E-state index in [1.165, 1.54) is 42.1 Å². The Kier molecular flexibility index (Phi) is 7.18. The van der Waals surface area contributed by atoms with E-state index in [0.29, 0.717) is 23.2 Å². The molecule has 156 valence electrons. The van der Waals surface area contributed by atoms with Crippen molar-refractivity contribution in [1.29, 1.82) is 0 Å². The number of nitrogens with zero attached hydrogens (tertiary/aromatic N) is 3. The zero-order chi connectivity index (χ0) is 21.5. The molecule has 0 bridgehead atoms. The average Bonchev–Trinajstić information content (AvgIpc) is 3.09. The molecule has 0 saturated carbocycles. The summed E-state index contributed by atoms with van der Waals surface area (Å²) in [6.07, 6.45) is 1.66. The molecular formula is C21H20F2N4O2S. The molecule has 0 aliphatic heterocycles. The zero-order valence-electron chi connectivity index (χ0n) is 16.2. The number of hydrogen-bond acceptors (Lipinski definition) is 5. The van der Waals surface area contributed by atoms with Gasteiger partial charge in [0.1, 0.15) is 12.4 Å². The molecule has 1 aromatic heterocycles. The van der Waals surface area contributed by atoms with Crippen LogP contribution < -0.4 is 10.1 Å². The second kappa shape index (κ2) is 10.0. The van der Waals surface area contributed by atoms with Crippen LogP contribution in [-0.4, -0.2) is 25.9 Å². The minimum Gasteiger partial charge on any atom is -0.483 e. The second-order valence-corrected chi connectivity index (χ2v) is 7.58. The summed E-state index contributed by atoms with van der Waals surface area (Å²) < 4.78 is 34.3. The van der Waals surface area contributed by atoms with Gasteiger partial charge in [0.2, 0.25) is 5.91 Å². The number of carbonyl (C=O) groups is 1. The molecule has 3 aromatic rings. The van der Waals surface area contributed by atoms with Crippen LogP contribution >= 0.6 is 11.8 Å². The van der Waals surface area contributed by atoms with Crippen LogP contribution in [0, 0.1) is 11.6 Å². The first kappa shape index (κ1) is 21.5. The number of benzene rings is 2. The maximum Gasteiger partial charge on any atom is 0.237 e. The molecule has 0 saturated heterocycles. The molecule has 1 amide bonds. The van der Waals surface area contributed by atoms with Crippen LogP contribution in [-0.2, 0) is 17.9 Å². The molecule has 30 heavy (non-hydrogen) atoms. The summed E-state index contributed by atoms with van der Waals surface area (Å²) in [5, 5.41) is 10.9. The number of ether oxygens (including phenoxy) is 1. The molecule has 3 rings (SSSR count). The molecule has 6 nitrogen and oxygen atoms in total. The fourth-order valence-electron chi connectivity index (χ4n) is 2.55. The van der Waals surface area contributed by atoms with Crippen molar-refractivity contribution < 1.29 is 18.3 Å². The number of halogens is 2. The van der Waals surface area contributed by atoms with Crippen LogP contribution in [0.1, 0.15) is 12.7 Å². The lowest BCUT2D eigenvalue weighted by atomic mass is 10.3. The van der Waals surface area contributed by atoms with Crippen LogP contribution in [0.2, 0.25) is 0 Å². The Labute approximate surface area is 177 Å². The Morgan fingerprint density at radius 2 is 2.07 bits per heavy atom. The first-order chi connectivity index (χ1) is 14.5. The van der Waals surface area contributed by atoms with E-state index in [9.17, 15) is 13.6 Å². The van der Waals surface area contributed by atoms with Gasteiger partial charge in [0.25, 0.3) is 0 Å². The van der Waals surface area contributed by atoms with E-state index in [4.69, 9.17) is 4.74 Å². The number of aromatic nitrogens is 3. The number of rotatable bonds is 9. The van der Waals surface area contributed by atoms with Crippen LogP contribution in [0.5, 0.6) is 5.75 Å². The lowest BCUT2D eigenvalue weighted by molar-refractivity contribution is -0.115. The van der Waals surface area contributed by atoms with Crippen molar-refractivity contribution in [1.82, 2.24) is 14.8 Å². The highest BCUT2D eigenvalue weighted by atomic mass is 32.2. The topological polar surface area (TPSA) is 69.0 Å². The van der Waals surface area contributed by atoms with E-state index < -0.39 is 16.9 Å². The maximum absolute atomic E-state index is 13.8. The van der Waals surface area contributed by atoms with Crippen molar-refractivity contribution in [3.8, 4) is 5.75 Å². The normalized spacial score (nSPS) is 11.7. The Morgan fingerprint density at radius 1 is 1.27 bits per heavy atom. The molecule has 0 radical (unpaired) electrons. The number of carbonyl (C=O) groups excluding carboxylic acids is 1. The third-order valence-corrected chi connectivity index (χ3v) is 5.12. The molecule has 9 heteroatoms. The van der Waals surface area contributed by atoms with Gasteiger partial charge in [-0.3, -0.25) is 9.36 Å². The van der Waals surface area contributed by atoms with Gasteiger partial charge in [0.05, 0.1) is 5.25 Å². The average molecular weight is 430 g/mol. The van der Waals surface area contributed by atoms with E-state index in [1.807, 2.05) is 0 Å². The highest BCUT2D eigenvalue weighted by Gasteiger charge is 2.20. The fraction of sp³-hybridized carbons (Fsp3) is 0.190. The molecule has 0 fully saturated rings. The van der Waals surface area contributed by atoms with E-state index in [2.05, 4.69) is 22.1 Å². The fourth-order valence-corrected chi connectivity index (χ4v) is 3.43. The lowest BCUT2D eigenvalue weighted by Crippen LogP contribution is -2.23. The molecule has 0 aliphatic carbocycles. The molecule has 2 aromatic carbocycles. The van der Waals surface area contributed by atoms with Crippen LogP contribution in [0.25, 0.3) is 0 Å². The molecule has 1 N–H and O–H groups in total. The van der Waals surface area contributed by atoms with Crippen molar-refractivity contribution in [3.05, 3.63) is 78.6 Å². The van der Waals surface area contributed by atoms with Gasteiger partial charge in [0, 0.05) is 12.2 Å². The number of hydrogen-bond donors (Lipinski definition) is 1. The van der Waals surface area contributed by atoms with Crippen molar-refractivity contribution in [3.63, 3.8) is 0 Å². The summed E-state index contributed by atoms with van der Waals surface area (Å²) in [7, 11) is 0. The summed E-state index contributed by atoms with van der Waals surface area (Å²) in [6.45, 7) is 5.84. The van der Waals surface area contributed by atoms with Gasteiger partial charge in [-0.2, -0.15) is 0 Å². The number of para-hydroxylation sites is 1. The highest BCUT2D eigenvalue weighted by molar-refractivity contribution is 8.00. The SMILES string of the molecule is C=CCn1c(COc2ccccc2F)nnc1SC(C)C(=O)Nc1cccc(F)c1. The van der Waals surface area contributed by atoms with E-state index in [-0.39, 0.29) is 18.3 Å². The Morgan fingerprint density at radius 3 is 2.80 bits per heavy atom. The van der Waals surface area contributed by atoms with Crippen molar-refractivity contribution in [2.45, 2.75) is 30.5 Å². The summed E-state index contributed by atoms with van der Waals surface area (Å²) >= 11 is 1.19. The first-order valence-corrected chi connectivity index (χ1v) is 9.99. The van der Waals surface area contributed by atoms with Crippen LogP contribution in [0.15, 0.2) is 66.3 Å². The second-order valence-electron chi connectivity index (χ2n) is 6.28. The molecule has 1 heterocycles. The lowest BCUT2D eigenvalue weighted by Gasteiger charge is -2.13. The quantitative estimate of drug-likeness (QED) is 0.402. The number of anilines is 1. The smallest absolute Gasteiger partial charge is 0.237 e. The maximum atomic E-state index is 13.8. The number of nitrogens with one attached hydrogen (secondary N) is 1. The minimum atomic E-state index is -0.527. The van der Waals surface area contributed by atoms with Gasteiger partial charge < -0.3 is 10.1 Å². The van der Waals surface area contributed by atoms with E-state index in [1.54, 1.807) is 35.8 Å². The van der Waals surface area contributed by atoms with Gasteiger partial charge in [-0.05, 0) is 37.3 Å². The summed E-state index contributed by atoms with van der Waals surface area (Å²) in [5.41, 5.74) is 0.374. The van der Waals surface area contributed by atoms with Crippen LogP contribution in [0.4, 0.5) is 14.5 Å². The Hall–Kier alpha value is -3.20. The monoisotopic (exact) mass is 430 g/mol. The standard InChI is InChI=1S/C21H20F2N4O2S/c1-3-11-27-19(13-29-18-10-5-4-9-17(18)23)25-26-21(27)30-14(2)20(28)24-16-8-6-7-15(22)12-16/h3-10,12,14H,1,11,13H2,2H3,(H,24,28). The van der Waals surface area contributed by atoms with Crippen molar-refractivity contribution in [2.75, 3.05) is 5.32 Å². The molecule has 1 unspecified atom stereocenters. The molecule has 0 spiro atoms. The third kappa shape index (κ3) is 5.44. The van der Waals surface area contributed by atoms with Gasteiger partial charge in [-0.1, -0.05) is 36.0 Å². The van der Waals surface area contributed by atoms with Gasteiger partial charge >= 0.3 is 0 Å². The van der Waals surface area contributed by atoms with Crippen LogP contribution in [0.3, 0.4) is 0 Å². The summed E-state index contributed by atoms with van der Waals surface area (Å²) in [4.78, 5) is 12.5. The minimum absolute atomic E-state index is 0.00615. The van der Waals surface area contributed by atoms with Gasteiger partial charge in [-0.15, -0.1) is 16.8 Å². The largest absolute Gasteiger partial charge is 0.483 e. The summed E-state index contributed by atoms with van der Waals surface area (Å²) in [6, 6.07) is 11.8. The molecular weight excluding hydrogens is 410 g/mol.